The maximum absolute atomic E-state index is 6.28. The molecule has 1 atom stereocenters. The average molecular weight is 390 g/mol. The summed E-state index contributed by atoms with van der Waals surface area (Å²) < 4.78 is 1.84. The van der Waals surface area contributed by atoms with Crippen molar-refractivity contribution in [1.29, 1.82) is 0 Å². The maximum atomic E-state index is 6.28. The van der Waals surface area contributed by atoms with Gasteiger partial charge in [0.2, 0.25) is 0 Å². The quantitative estimate of drug-likeness (QED) is 0.431. The molecular weight excluding hydrogens is 362 g/mol. The van der Waals surface area contributed by atoms with Crippen molar-refractivity contribution in [2.45, 2.75) is 32.2 Å². The van der Waals surface area contributed by atoms with E-state index in [4.69, 9.17) is 16.6 Å². The minimum absolute atomic E-state index is 0.333. The van der Waals surface area contributed by atoms with Crippen LogP contribution in [-0.4, -0.2) is 52.9 Å². The van der Waals surface area contributed by atoms with Crippen LogP contribution in [0.5, 0.6) is 0 Å². The summed E-state index contributed by atoms with van der Waals surface area (Å²) in [6.07, 6.45) is 8.80. The molecule has 0 bridgehead atoms. The first kappa shape index (κ1) is 19.5. The topological polar surface area (TPSA) is 70.4 Å². The Bertz CT molecular complexity index is 758. The highest BCUT2D eigenvalue weighted by Crippen LogP contribution is 2.25. The minimum atomic E-state index is 0.333. The molecule has 1 aliphatic rings. The van der Waals surface area contributed by atoms with Crippen LogP contribution in [0.25, 0.3) is 0 Å². The molecule has 0 aliphatic carbocycles. The standard InChI is InChI=1S/C19H28ClN7/c1-3-21-19(23-10-4-6-15-12-24-26(2)13-15)25-16-8-11-27(14-16)18-17(20)7-5-9-22-18/h5,7,9,12-13,16H,3-4,6,8,10-11,14H2,1-2H3,(H2,21,23,25). The third-order valence-electron chi connectivity index (χ3n) is 4.56. The molecule has 0 spiro atoms. The number of hydrogen-bond donors (Lipinski definition) is 2. The molecule has 1 unspecified atom stereocenters. The molecule has 27 heavy (non-hydrogen) atoms. The zero-order valence-electron chi connectivity index (χ0n) is 16.0. The Hall–Kier alpha value is -2.28. The van der Waals surface area contributed by atoms with Crippen LogP contribution in [-0.2, 0) is 13.5 Å². The van der Waals surface area contributed by atoms with Gasteiger partial charge in [0.1, 0.15) is 5.82 Å². The molecule has 1 fully saturated rings. The number of guanidine groups is 1. The fraction of sp³-hybridized carbons (Fsp3) is 0.526. The van der Waals surface area contributed by atoms with E-state index in [-0.39, 0.29) is 0 Å². The first-order chi connectivity index (χ1) is 13.2. The van der Waals surface area contributed by atoms with Crippen LogP contribution in [0.2, 0.25) is 5.02 Å². The molecule has 3 rings (SSSR count). The number of nitrogens with zero attached hydrogens (tertiary/aromatic N) is 5. The second kappa shape index (κ2) is 9.60. The van der Waals surface area contributed by atoms with E-state index in [0.29, 0.717) is 11.1 Å². The molecule has 0 saturated carbocycles. The van der Waals surface area contributed by atoms with Crippen LogP contribution in [0.3, 0.4) is 0 Å². The van der Waals surface area contributed by atoms with Gasteiger partial charge in [0, 0.05) is 51.7 Å². The van der Waals surface area contributed by atoms with Crippen molar-refractivity contribution >= 4 is 23.4 Å². The monoisotopic (exact) mass is 389 g/mol. The summed E-state index contributed by atoms with van der Waals surface area (Å²) in [7, 11) is 1.94. The normalized spacial score (nSPS) is 17.4. The molecule has 0 radical (unpaired) electrons. The molecule has 2 aromatic heterocycles. The van der Waals surface area contributed by atoms with Gasteiger partial charge >= 0.3 is 0 Å². The van der Waals surface area contributed by atoms with Crippen LogP contribution < -0.4 is 15.5 Å². The molecule has 2 aromatic rings. The number of aromatic nitrogens is 3. The number of pyridine rings is 1. The smallest absolute Gasteiger partial charge is 0.191 e. The van der Waals surface area contributed by atoms with Crippen LogP contribution in [0.4, 0.5) is 5.82 Å². The molecule has 0 amide bonds. The maximum Gasteiger partial charge on any atom is 0.191 e. The molecule has 8 heteroatoms. The first-order valence-electron chi connectivity index (χ1n) is 9.53. The van der Waals surface area contributed by atoms with Crippen LogP contribution in [0.15, 0.2) is 35.7 Å². The van der Waals surface area contributed by atoms with E-state index >= 15 is 0 Å². The van der Waals surface area contributed by atoms with E-state index < -0.39 is 0 Å². The minimum Gasteiger partial charge on any atom is -0.357 e. The van der Waals surface area contributed by atoms with Crippen molar-refractivity contribution < 1.29 is 0 Å². The molecule has 7 nitrogen and oxygen atoms in total. The molecule has 0 aromatic carbocycles. The van der Waals surface area contributed by atoms with Gasteiger partial charge in [-0.05, 0) is 43.9 Å². The van der Waals surface area contributed by atoms with Gasteiger partial charge in [0.15, 0.2) is 5.96 Å². The number of anilines is 1. The summed E-state index contributed by atoms with van der Waals surface area (Å²) in [5.74, 6) is 1.74. The number of rotatable bonds is 7. The highest BCUT2D eigenvalue weighted by atomic mass is 35.5. The largest absolute Gasteiger partial charge is 0.357 e. The molecule has 146 valence electrons. The van der Waals surface area contributed by atoms with Gasteiger partial charge < -0.3 is 15.5 Å². The summed E-state index contributed by atoms with van der Waals surface area (Å²) in [6.45, 7) is 5.52. The summed E-state index contributed by atoms with van der Waals surface area (Å²) >= 11 is 6.28. The Balaban J connectivity index is 1.49. The van der Waals surface area contributed by atoms with Gasteiger partial charge in [-0.2, -0.15) is 5.10 Å². The lowest BCUT2D eigenvalue weighted by Crippen LogP contribution is -2.44. The van der Waals surface area contributed by atoms with Crippen molar-refractivity contribution in [1.82, 2.24) is 25.4 Å². The summed E-state index contributed by atoms with van der Waals surface area (Å²) in [6, 6.07) is 4.08. The molecule has 1 saturated heterocycles. The van der Waals surface area contributed by atoms with Crippen molar-refractivity contribution in [3.05, 3.63) is 41.3 Å². The van der Waals surface area contributed by atoms with Gasteiger partial charge in [-0.1, -0.05) is 11.6 Å². The summed E-state index contributed by atoms with van der Waals surface area (Å²) in [5, 5.41) is 11.8. The Kier molecular flexibility index (Phi) is 6.92. The van der Waals surface area contributed by atoms with E-state index in [9.17, 15) is 0 Å². The molecule has 3 heterocycles. The van der Waals surface area contributed by atoms with Crippen molar-refractivity contribution in [3.63, 3.8) is 0 Å². The SMILES string of the molecule is CCNC(=NCCCc1cnn(C)c1)NC1CCN(c2ncccc2Cl)C1. The average Bonchev–Trinajstić information content (AvgIpc) is 3.28. The van der Waals surface area contributed by atoms with E-state index in [1.54, 1.807) is 6.20 Å². The fourth-order valence-corrected chi connectivity index (χ4v) is 3.51. The Labute approximate surface area is 165 Å². The van der Waals surface area contributed by atoms with Crippen molar-refractivity contribution in [3.8, 4) is 0 Å². The second-order valence-corrected chi connectivity index (χ2v) is 7.18. The van der Waals surface area contributed by atoms with Gasteiger partial charge in [-0.3, -0.25) is 9.67 Å². The van der Waals surface area contributed by atoms with Crippen LogP contribution >= 0.6 is 11.6 Å². The highest BCUT2D eigenvalue weighted by Gasteiger charge is 2.25. The number of halogens is 1. The Morgan fingerprint density at radius 3 is 3.07 bits per heavy atom. The third kappa shape index (κ3) is 5.60. The van der Waals surface area contributed by atoms with E-state index in [1.807, 2.05) is 30.1 Å². The predicted molar refractivity (Wildman–Crippen MR) is 111 cm³/mol. The lowest BCUT2D eigenvalue weighted by Gasteiger charge is -2.20. The Morgan fingerprint density at radius 1 is 1.44 bits per heavy atom. The van der Waals surface area contributed by atoms with E-state index in [2.05, 4.69) is 38.7 Å². The number of hydrogen-bond acceptors (Lipinski definition) is 4. The second-order valence-electron chi connectivity index (χ2n) is 6.77. The Morgan fingerprint density at radius 2 is 2.33 bits per heavy atom. The number of nitrogens with one attached hydrogen (secondary N) is 2. The lowest BCUT2D eigenvalue weighted by atomic mass is 10.2. The van der Waals surface area contributed by atoms with Gasteiger partial charge in [-0.25, -0.2) is 4.98 Å². The lowest BCUT2D eigenvalue weighted by molar-refractivity contribution is 0.647. The predicted octanol–water partition coefficient (Wildman–Crippen LogP) is 2.24. The van der Waals surface area contributed by atoms with E-state index in [0.717, 1.165) is 57.2 Å². The summed E-state index contributed by atoms with van der Waals surface area (Å²) in [4.78, 5) is 11.4. The molecular formula is C19H28ClN7. The molecule has 2 N–H and O–H groups in total. The van der Waals surface area contributed by atoms with Gasteiger partial charge in [-0.15, -0.1) is 0 Å². The zero-order valence-corrected chi connectivity index (χ0v) is 16.8. The van der Waals surface area contributed by atoms with E-state index in [1.165, 1.54) is 5.56 Å². The van der Waals surface area contributed by atoms with Crippen LogP contribution in [0, 0.1) is 0 Å². The van der Waals surface area contributed by atoms with Crippen molar-refractivity contribution in [2.75, 3.05) is 31.1 Å². The summed E-state index contributed by atoms with van der Waals surface area (Å²) in [5.41, 5.74) is 1.25. The first-order valence-corrected chi connectivity index (χ1v) is 9.91. The third-order valence-corrected chi connectivity index (χ3v) is 4.86. The van der Waals surface area contributed by atoms with Crippen molar-refractivity contribution in [2.24, 2.45) is 12.0 Å². The van der Waals surface area contributed by atoms with Gasteiger partial charge in [0.05, 0.1) is 11.2 Å². The number of aryl methyl sites for hydroxylation is 2. The van der Waals surface area contributed by atoms with Crippen LogP contribution in [0.1, 0.15) is 25.3 Å². The highest BCUT2D eigenvalue weighted by molar-refractivity contribution is 6.32. The fourth-order valence-electron chi connectivity index (χ4n) is 3.27. The molecule has 1 aliphatic heterocycles. The number of aliphatic imine (C=N–C) groups is 1. The zero-order chi connectivity index (χ0) is 19.1. The van der Waals surface area contributed by atoms with Gasteiger partial charge in [0.25, 0.3) is 0 Å².